The molecule has 1 aromatic carbocycles. The molecule has 1 fully saturated rings. The van der Waals surface area contributed by atoms with Crippen molar-refractivity contribution in [3.05, 3.63) is 35.1 Å². The van der Waals surface area contributed by atoms with Gasteiger partial charge in [-0.1, -0.05) is 6.07 Å². The SMILES string of the molecule is CSCc1cc(F)ccc1CNC1CCN(CC(F)F)CC1. The third-order valence-electron chi connectivity index (χ3n) is 4.03. The molecule has 22 heavy (non-hydrogen) atoms. The largest absolute Gasteiger partial charge is 0.310 e. The van der Waals surface area contributed by atoms with Gasteiger partial charge in [-0.25, -0.2) is 13.2 Å². The van der Waals surface area contributed by atoms with Gasteiger partial charge in [0.15, 0.2) is 0 Å². The summed E-state index contributed by atoms with van der Waals surface area (Å²) in [7, 11) is 0. The zero-order valence-corrected chi connectivity index (χ0v) is 13.6. The number of thioether (sulfide) groups is 1. The monoisotopic (exact) mass is 332 g/mol. The predicted molar refractivity (Wildman–Crippen MR) is 85.9 cm³/mol. The average Bonchev–Trinajstić information content (AvgIpc) is 2.48. The summed E-state index contributed by atoms with van der Waals surface area (Å²) in [5.74, 6) is 0.592. The van der Waals surface area contributed by atoms with E-state index >= 15 is 0 Å². The lowest BCUT2D eigenvalue weighted by molar-refractivity contribution is 0.0729. The first-order valence-electron chi connectivity index (χ1n) is 7.58. The van der Waals surface area contributed by atoms with E-state index in [4.69, 9.17) is 0 Å². The summed E-state index contributed by atoms with van der Waals surface area (Å²) < 4.78 is 38.0. The van der Waals surface area contributed by atoms with Gasteiger partial charge in [-0.2, -0.15) is 11.8 Å². The normalized spacial score (nSPS) is 17.3. The van der Waals surface area contributed by atoms with Gasteiger partial charge in [-0.15, -0.1) is 0 Å². The van der Waals surface area contributed by atoms with Crippen molar-refractivity contribution in [1.82, 2.24) is 10.2 Å². The fraction of sp³-hybridized carbons (Fsp3) is 0.625. The summed E-state index contributed by atoms with van der Waals surface area (Å²) in [5, 5.41) is 3.48. The molecule has 6 heteroatoms. The number of rotatable bonds is 7. The second-order valence-corrected chi connectivity index (χ2v) is 6.56. The van der Waals surface area contributed by atoms with Crippen LogP contribution in [-0.4, -0.2) is 43.3 Å². The fourth-order valence-corrected chi connectivity index (χ4v) is 3.41. The third kappa shape index (κ3) is 5.48. The van der Waals surface area contributed by atoms with Crippen molar-refractivity contribution in [3.63, 3.8) is 0 Å². The molecule has 0 aromatic heterocycles. The van der Waals surface area contributed by atoms with Crippen LogP contribution >= 0.6 is 11.8 Å². The Hall–Kier alpha value is -0.720. The molecule has 0 unspecified atom stereocenters. The molecular formula is C16H23F3N2S. The lowest BCUT2D eigenvalue weighted by Gasteiger charge is -2.32. The van der Waals surface area contributed by atoms with E-state index in [0.29, 0.717) is 25.7 Å². The minimum Gasteiger partial charge on any atom is -0.310 e. The highest BCUT2D eigenvalue weighted by molar-refractivity contribution is 7.97. The van der Waals surface area contributed by atoms with Gasteiger partial charge in [0.2, 0.25) is 0 Å². The molecule has 0 aliphatic carbocycles. The topological polar surface area (TPSA) is 15.3 Å². The fourth-order valence-electron chi connectivity index (χ4n) is 2.83. The second kappa shape index (κ2) is 8.79. The number of benzene rings is 1. The van der Waals surface area contributed by atoms with Gasteiger partial charge >= 0.3 is 0 Å². The molecule has 2 nitrogen and oxygen atoms in total. The van der Waals surface area contributed by atoms with Gasteiger partial charge in [-0.3, -0.25) is 4.90 Å². The number of hydrogen-bond acceptors (Lipinski definition) is 3. The van der Waals surface area contributed by atoms with Crippen molar-refractivity contribution in [2.75, 3.05) is 25.9 Å². The summed E-state index contributed by atoms with van der Waals surface area (Å²) in [6.45, 7) is 2.00. The summed E-state index contributed by atoms with van der Waals surface area (Å²) in [4.78, 5) is 1.82. The highest BCUT2D eigenvalue weighted by Gasteiger charge is 2.21. The number of nitrogens with one attached hydrogen (secondary N) is 1. The van der Waals surface area contributed by atoms with Crippen molar-refractivity contribution in [2.24, 2.45) is 0 Å². The molecule has 0 bridgehead atoms. The molecule has 2 rings (SSSR count). The Bertz CT molecular complexity index is 463. The van der Waals surface area contributed by atoms with Gasteiger partial charge in [0.1, 0.15) is 5.82 Å². The zero-order chi connectivity index (χ0) is 15.9. The Morgan fingerprint density at radius 2 is 2.00 bits per heavy atom. The van der Waals surface area contributed by atoms with Gasteiger partial charge in [0, 0.05) is 18.3 Å². The van der Waals surface area contributed by atoms with E-state index in [2.05, 4.69) is 5.32 Å². The van der Waals surface area contributed by atoms with Crippen LogP contribution in [-0.2, 0) is 12.3 Å². The Morgan fingerprint density at radius 3 is 2.64 bits per heavy atom. The van der Waals surface area contributed by atoms with Gasteiger partial charge in [-0.05, 0) is 55.4 Å². The van der Waals surface area contributed by atoms with E-state index < -0.39 is 6.43 Å². The van der Waals surface area contributed by atoms with Gasteiger partial charge in [0.05, 0.1) is 6.54 Å². The van der Waals surface area contributed by atoms with Crippen molar-refractivity contribution in [1.29, 1.82) is 0 Å². The molecule has 1 aromatic rings. The van der Waals surface area contributed by atoms with Crippen molar-refractivity contribution >= 4 is 11.8 Å². The number of halogens is 3. The smallest absolute Gasteiger partial charge is 0.251 e. The molecule has 0 saturated carbocycles. The lowest BCUT2D eigenvalue weighted by atomic mass is 10.0. The summed E-state index contributed by atoms with van der Waals surface area (Å²) in [5.41, 5.74) is 2.14. The van der Waals surface area contributed by atoms with Crippen LogP contribution < -0.4 is 5.32 Å². The molecule has 0 amide bonds. The second-order valence-electron chi connectivity index (χ2n) is 5.69. The molecule has 1 aliphatic rings. The van der Waals surface area contributed by atoms with Crippen LogP contribution in [0, 0.1) is 5.82 Å². The molecule has 1 heterocycles. The van der Waals surface area contributed by atoms with Gasteiger partial charge < -0.3 is 5.32 Å². The van der Waals surface area contributed by atoms with Crippen molar-refractivity contribution < 1.29 is 13.2 Å². The van der Waals surface area contributed by atoms with E-state index in [-0.39, 0.29) is 12.4 Å². The van der Waals surface area contributed by atoms with Crippen LogP contribution in [0.3, 0.4) is 0 Å². The molecule has 0 radical (unpaired) electrons. The van der Waals surface area contributed by atoms with Gasteiger partial charge in [0.25, 0.3) is 6.43 Å². The first kappa shape index (κ1) is 17.6. The molecule has 0 atom stereocenters. The number of hydrogen-bond donors (Lipinski definition) is 1. The van der Waals surface area contributed by atoms with E-state index in [0.717, 1.165) is 29.7 Å². The summed E-state index contributed by atoms with van der Waals surface area (Å²) >= 11 is 1.67. The Morgan fingerprint density at radius 1 is 1.27 bits per heavy atom. The molecule has 124 valence electrons. The van der Waals surface area contributed by atoms with Crippen LogP contribution in [0.1, 0.15) is 24.0 Å². The number of piperidine rings is 1. The maximum Gasteiger partial charge on any atom is 0.251 e. The number of likely N-dealkylation sites (tertiary alicyclic amines) is 1. The van der Waals surface area contributed by atoms with E-state index in [9.17, 15) is 13.2 Å². The lowest BCUT2D eigenvalue weighted by Crippen LogP contribution is -2.43. The minimum atomic E-state index is -2.25. The molecule has 1 N–H and O–H groups in total. The van der Waals surface area contributed by atoms with E-state index in [1.54, 1.807) is 17.8 Å². The van der Waals surface area contributed by atoms with E-state index in [1.807, 2.05) is 17.2 Å². The standard InChI is InChI=1S/C16H23F3N2S/c1-22-11-13-8-14(17)3-2-12(13)9-20-15-4-6-21(7-5-15)10-16(18)19/h2-3,8,15-16,20H,4-7,9-11H2,1H3. The number of nitrogens with zero attached hydrogens (tertiary/aromatic N) is 1. The van der Waals surface area contributed by atoms with Crippen molar-refractivity contribution in [3.8, 4) is 0 Å². The summed E-state index contributed by atoms with van der Waals surface area (Å²) in [6, 6.07) is 5.27. The first-order chi connectivity index (χ1) is 10.6. The van der Waals surface area contributed by atoms with Crippen molar-refractivity contribution in [2.45, 2.75) is 37.6 Å². The maximum absolute atomic E-state index is 13.3. The Kier molecular flexibility index (Phi) is 7.05. The zero-order valence-electron chi connectivity index (χ0n) is 12.8. The average molecular weight is 332 g/mol. The molecular weight excluding hydrogens is 309 g/mol. The number of alkyl halides is 2. The molecule has 0 spiro atoms. The minimum absolute atomic E-state index is 0.122. The van der Waals surface area contributed by atoms with E-state index in [1.165, 1.54) is 6.07 Å². The Labute approximate surface area is 134 Å². The van der Waals surface area contributed by atoms with Crippen LogP contribution in [0.4, 0.5) is 13.2 Å². The predicted octanol–water partition coefficient (Wildman–Crippen LogP) is 3.51. The van der Waals surface area contributed by atoms with Crippen LogP contribution in [0.25, 0.3) is 0 Å². The maximum atomic E-state index is 13.3. The third-order valence-corrected chi connectivity index (χ3v) is 4.63. The highest BCUT2D eigenvalue weighted by atomic mass is 32.2. The summed E-state index contributed by atoms with van der Waals surface area (Å²) in [6.07, 6.45) is 1.51. The van der Waals surface area contributed by atoms with Crippen LogP contribution in [0.15, 0.2) is 18.2 Å². The quantitative estimate of drug-likeness (QED) is 0.823. The highest BCUT2D eigenvalue weighted by Crippen LogP contribution is 2.18. The van der Waals surface area contributed by atoms with Crippen LogP contribution in [0.5, 0.6) is 0 Å². The van der Waals surface area contributed by atoms with Crippen LogP contribution in [0.2, 0.25) is 0 Å². The molecule has 1 saturated heterocycles. The Balaban J connectivity index is 1.81. The molecule has 1 aliphatic heterocycles. The first-order valence-corrected chi connectivity index (χ1v) is 8.98.